The smallest absolute Gasteiger partial charge is 0.315 e. The van der Waals surface area contributed by atoms with Crippen LogP contribution >= 0.6 is 0 Å². The highest BCUT2D eigenvalue weighted by Gasteiger charge is 2.21. The maximum absolute atomic E-state index is 5.44. The minimum Gasteiger partial charge on any atom is -0.408 e. The topological polar surface area (TPSA) is 86.2 Å². The molecule has 1 fully saturated rings. The van der Waals surface area contributed by atoms with Gasteiger partial charge in [0, 0.05) is 32.2 Å². The summed E-state index contributed by atoms with van der Waals surface area (Å²) in [7, 11) is 0. The molecule has 96 valence electrons. The van der Waals surface area contributed by atoms with Crippen molar-refractivity contribution in [2.45, 2.75) is 32.2 Å². The molecule has 2 rings (SSSR count). The molecule has 0 aliphatic carbocycles. The van der Waals surface area contributed by atoms with E-state index in [-0.39, 0.29) is 0 Å². The molecule has 1 aromatic heterocycles. The monoisotopic (exact) mass is 240 g/mol. The van der Waals surface area contributed by atoms with Crippen LogP contribution in [-0.4, -0.2) is 36.0 Å². The van der Waals surface area contributed by atoms with E-state index in [1.54, 1.807) is 0 Å². The van der Waals surface area contributed by atoms with Crippen LogP contribution in [0.2, 0.25) is 0 Å². The van der Waals surface area contributed by atoms with Gasteiger partial charge in [-0.15, -0.1) is 5.10 Å². The molecule has 0 bridgehead atoms. The summed E-state index contributed by atoms with van der Waals surface area (Å²) in [6.07, 6.45) is 2.79. The van der Waals surface area contributed by atoms with E-state index in [4.69, 9.17) is 14.9 Å². The maximum atomic E-state index is 5.44. The molecule has 1 aliphatic rings. The van der Waals surface area contributed by atoms with E-state index >= 15 is 0 Å². The summed E-state index contributed by atoms with van der Waals surface area (Å²) >= 11 is 0. The molecule has 6 heteroatoms. The molecular weight excluding hydrogens is 220 g/mol. The standard InChI is InChI=1S/C11H20N4O2/c1-8(9-3-6-16-7-4-9)13-11-15-14-10(17-11)2-5-12/h8-9H,2-7,12H2,1H3,(H,13,15). The maximum Gasteiger partial charge on any atom is 0.315 e. The molecule has 2 heterocycles. The number of ether oxygens (including phenoxy) is 1. The Kier molecular flexibility index (Phi) is 4.33. The van der Waals surface area contributed by atoms with Crippen molar-refractivity contribution in [2.75, 3.05) is 25.1 Å². The highest BCUT2D eigenvalue weighted by atomic mass is 16.5. The molecule has 6 nitrogen and oxygen atoms in total. The van der Waals surface area contributed by atoms with Gasteiger partial charge in [0.05, 0.1) is 0 Å². The molecule has 1 aliphatic heterocycles. The van der Waals surface area contributed by atoms with Gasteiger partial charge in [0.25, 0.3) is 0 Å². The van der Waals surface area contributed by atoms with Crippen LogP contribution in [0.25, 0.3) is 0 Å². The lowest BCUT2D eigenvalue weighted by atomic mass is 9.93. The highest BCUT2D eigenvalue weighted by Crippen LogP contribution is 2.21. The van der Waals surface area contributed by atoms with Crippen LogP contribution in [0.1, 0.15) is 25.7 Å². The van der Waals surface area contributed by atoms with Crippen molar-refractivity contribution in [2.24, 2.45) is 11.7 Å². The van der Waals surface area contributed by atoms with Gasteiger partial charge in [0.1, 0.15) is 0 Å². The van der Waals surface area contributed by atoms with E-state index in [1.165, 1.54) is 0 Å². The fourth-order valence-electron chi connectivity index (χ4n) is 2.06. The molecule has 17 heavy (non-hydrogen) atoms. The van der Waals surface area contributed by atoms with Gasteiger partial charge >= 0.3 is 6.01 Å². The lowest BCUT2D eigenvalue weighted by molar-refractivity contribution is 0.0620. The summed E-state index contributed by atoms with van der Waals surface area (Å²) in [6.45, 7) is 4.36. The van der Waals surface area contributed by atoms with E-state index < -0.39 is 0 Å². The minimum atomic E-state index is 0.324. The first-order valence-corrected chi connectivity index (χ1v) is 6.16. The van der Waals surface area contributed by atoms with Crippen molar-refractivity contribution in [3.63, 3.8) is 0 Å². The third-order valence-corrected chi connectivity index (χ3v) is 3.15. The van der Waals surface area contributed by atoms with Gasteiger partial charge in [-0.1, -0.05) is 5.10 Å². The number of nitrogens with zero attached hydrogens (tertiary/aromatic N) is 2. The molecule has 0 amide bonds. The van der Waals surface area contributed by atoms with Crippen molar-refractivity contribution in [3.8, 4) is 0 Å². The molecule has 0 spiro atoms. The largest absolute Gasteiger partial charge is 0.408 e. The molecule has 3 N–H and O–H groups in total. The average Bonchev–Trinajstić information content (AvgIpc) is 2.78. The first-order chi connectivity index (χ1) is 8.29. The van der Waals surface area contributed by atoms with Crippen LogP contribution in [0.3, 0.4) is 0 Å². The minimum absolute atomic E-state index is 0.324. The van der Waals surface area contributed by atoms with Gasteiger partial charge in [-0.2, -0.15) is 0 Å². The Hall–Kier alpha value is -1.14. The fourth-order valence-corrected chi connectivity index (χ4v) is 2.06. The normalized spacial score (nSPS) is 19.2. The zero-order valence-corrected chi connectivity index (χ0v) is 10.2. The second-order valence-corrected chi connectivity index (χ2v) is 4.42. The third-order valence-electron chi connectivity index (χ3n) is 3.15. The van der Waals surface area contributed by atoms with Crippen LogP contribution in [0.5, 0.6) is 0 Å². The molecule has 1 unspecified atom stereocenters. The number of hydrogen-bond donors (Lipinski definition) is 2. The number of aromatic nitrogens is 2. The van der Waals surface area contributed by atoms with E-state index in [0.717, 1.165) is 26.1 Å². The van der Waals surface area contributed by atoms with Gasteiger partial charge in [-0.3, -0.25) is 0 Å². The summed E-state index contributed by atoms with van der Waals surface area (Å²) in [5.41, 5.74) is 5.43. The Balaban J connectivity index is 1.85. The second kappa shape index (κ2) is 5.97. The van der Waals surface area contributed by atoms with Crippen LogP contribution < -0.4 is 11.1 Å². The summed E-state index contributed by atoms with van der Waals surface area (Å²) in [5.74, 6) is 1.20. The number of hydrogen-bond acceptors (Lipinski definition) is 6. The van der Waals surface area contributed by atoms with Crippen LogP contribution in [0, 0.1) is 5.92 Å². The lowest BCUT2D eigenvalue weighted by Crippen LogP contribution is -2.31. The fraction of sp³-hybridized carbons (Fsp3) is 0.818. The number of anilines is 1. The van der Waals surface area contributed by atoms with E-state index in [0.29, 0.717) is 36.8 Å². The average molecular weight is 240 g/mol. The van der Waals surface area contributed by atoms with Crippen LogP contribution in [0.15, 0.2) is 4.42 Å². The summed E-state index contributed by atoms with van der Waals surface area (Å²) < 4.78 is 10.8. The van der Waals surface area contributed by atoms with E-state index in [1.807, 2.05) is 0 Å². The van der Waals surface area contributed by atoms with Gasteiger partial charge in [0.15, 0.2) is 0 Å². The lowest BCUT2D eigenvalue weighted by Gasteiger charge is -2.27. The molecule has 0 saturated carbocycles. The SMILES string of the molecule is CC(Nc1nnc(CCN)o1)C1CCOCC1. The predicted molar refractivity (Wildman–Crippen MR) is 63.7 cm³/mol. The van der Waals surface area contributed by atoms with Gasteiger partial charge in [-0.05, 0) is 25.7 Å². The predicted octanol–water partition coefficient (Wildman–Crippen LogP) is 0.798. The van der Waals surface area contributed by atoms with Gasteiger partial charge < -0.3 is 20.2 Å². The third kappa shape index (κ3) is 3.41. The molecule has 0 radical (unpaired) electrons. The first kappa shape index (κ1) is 12.3. The number of rotatable bonds is 5. The Labute approximate surface area is 101 Å². The van der Waals surface area contributed by atoms with Crippen LogP contribution in [-0.2, 0) is 11.2 Å². The summed E-state index contributed by atoms with van der Waals surface area (Å²) in [5, 5.41) is 11.1. The van der Waals surface area contributed by atoms with E-state index in [2.05, 4.69) is 22.4 Å². The van der Waals surface area contributed by atoms with Crippen molar-refractivity contribution < 1.29 is 9.15 Å². The second-order valence-electron chi connectivity index (χ2n) is 4.42. The Morgan fingerprint density at radius 3 is 2.88 bits per heavy atom. The van der Waals surface area contributed by atoms with Crippen molar-refractivity contribution >= 4 is 6.01 Å². The zero-order valence-electron chi connectivity index (χ0n) is 10.2. The van der Waals surface area contributed by atoms with Gasteiger partial charge in [0.2, 0.25) is 5.89 Å². The van der Waals surface area contributed by atoms with Crippen molar-refractivity contribution in [1.82, 2.24) is 10.2 Å². The molecule has 1 atom stereocenters. The zero-order chi connectivity index (χ0) is 12.1. The highest BCUT2D eigenvalue weighted by molar-refractivity contribution is 5.19. The van der Waals surface area contributed by atoms with Crippen LogP contribution in [0.4, 0.5) is 6.01 Å². The van der Waals surface area contributed by atoms with E-state index in [9.17, 15) is 0 Å². The summed E-state index contributed by atoms with van der Waals surface area (Å²) in [6, 6.07) is 0.817. The Bertz CT molecular complexity index is 336. The molecule has 1 saturated heterocycles. The van der Waals surface area contributed by atoms with Gasteiger partial charge in [-0.25, -0.2) is 0 Å². The number of nitrogens with two attached hydrogens (primary N) is 1. The first-order valence-electron chi connectivity index (χ1n) is 6.16. The van der Waals surface area contributed by atoms with Crippen molar-refractivity contribution in [3.05, 3.63) is 5.89 Å². The van der Waals surface area contributed by atoms with Crippen molar-refractivity contribution in [1.29, 1.82) is 0 Å². The summed E-state index contributed by atoms with van der Waals surface area (Å²) in [4.78, 5) is 0. The molecular formula is C11H20N4O2. The number of nitrogens with one attached hydrogen (secondary N) is 1. The molecule has 1 aromatic rings. The molecule has 0 aromatic carbocycles. The Morgan fingerprint density at radius 1 is 1.41 bits per heavy atom. The quantitative estimate of drug-likeness (QED) is 0.791. The Morgan fingerprint density at radius 2 is 2.18 bits per heavy atom.